The fourth-order valence-corrected chi connectivity index (χ4v) is 6.50. The normalized spacial score (nSPS) is 21.7. The van der Waals surface area contributed by atoms with E-state index in [1.807, 2.05) is 44.3 Å². The summed E-state index contributed by atoms with van der Waals surface area (Å²) in [6.45, 7) is 4.65. The zero-order valence-electron chi connectivity index (χ0n) is 25.6. The molecule has 3 aromatic rings. The van der Waals surface area contributed by atoms with Crippen molar-refractivity contribution in [3.63, 3.8) is 0 Å². The molecule has 2 aromatic heterocycles. The van der Waals surface area contributed by atoms with E-state index in [2.05, 4.69) is 37.3 Å². The lowest BCUT2D eigenvalue weighted by molar-refractivity contribution is -0.124. The Morgan fingerprint density at radius 3 is 2.80 bits per heavy atom. The zero-order valence-corrected chi connectivity index (χ0v) is 25.6. The quantitative estimate of drug-likeness (QED) is 0.184. The third-order valence-electron chi connectivity index (χ3n) is 8.80. The first-order chi connectivity index (χ1) is 21.3. The van der Waals surface area contributed by atoms with Gasteiger partial charge in [0.2, 0.25) is 5.91 Å². The number of carbonyl (C=O) groups is 2. The van der Waals surface area contributed by atoms with Crippen LogP contribution < -0.4 is 26.0 Å². The largest absolute Gasteiger partial charge is 0.496 e. The molecule has 1 aliphatic carbocycles. The molecule has 5 rings (SSSR count). The predicted molar refractivity (Wildman–Crippen MR) is 167 cm³/mol. The van der Waals surface area contributed by atoms with Crippen molar-refractivity contribution in [2.75, 3.05) is 13.7 Å². The van der Waals surface area contributed by atoms with Crippen LogP contribution in [0.4, 0.5) is 0 Å². The monoisotopic (exact) mass is 601 g/mol. The Morgan fingerprint density at radius 2 is 2.07 bits per heavy atom. The van der Waals surface area contributed by atoms with Gasteiger partial charge >= 0.3 is 0 Å². The number of hydrogen-bond donors (Lipinski definition) is 6. The number of H-pyrrole nitrogens is 1. The molecular formula is C33H43N7O4. The van der Waals surface area contributed by atoms with Gasteiger partial charge in [0.05, 0.1) is 19.2 Å². The van der Waals surface area contributed by atoms with Crippen molar-refractivity contribution in [3.05, 3.63) is 59.5 Å². The van der Waals surface area contributed by atoms with Crippen LogP contribution in [0.1, 0.15) is 73.6 Å². The molecule has 44 heavy (non-hydrogen) atoms. The number of nitriles is 1. The summed E-state index contributed by atoms with van der Waals surface area (Å²) in [5.74, 6) is -0.134. The Morgan fingerprint density at radius 1 is 1.23 bits per heavy atom. The van der Waals surface area contributed by atoms with Crippen molar-refractivity contribution in [1.29, 1.82) is 5.26 Å². The molecule has 11 heteroatoms. The van der Waals surface area contributed by atoms with Crippen LogP contribution in [0.5, 0.6) is 5.75 Å². The van der Waals surface area contributed by atoms with Crippen LogP contribution in [0, 0.1) is 23.2 Å². The number of pyridine rings is 1. The summed E-state index contributed by atoms with van der Waals surface area (Å²) in [6.07, 6.45) is 7.28. The van der Waals surface area contributed by atoms with E-state index in [9.17, 15) is 20.0 Å². The Hall–Kier alpha value is -3.98. The molecule has 0 saturated carbocycles. The van der Waals surface area contributed by atoms with E-state index < -0.39 is 30.3 Å². The van der Waals surface area contributed by atoms with Gasteiger partial charge in [0.15, 0.2) is 0 Å². The number of nitrogens with one attached hydrogen (secondary N) is 5. The molecule has 6 atom stereocenters. The molecule has 1 aliphatic heterocycles. The van der Waals surface area contributed by atoms with Crippen molar-refractivity contribution in [3.8, 4) is 11.8 Å². The van der Waals surface area contributed by atoms with E-state index in [0.29, 0.717) is 30.8 Å². The highest BCUT2D eigenvalue weighted by Crippen LogP contribution is 2.30. The number of aromatic nitrogens is 2. The third-order valence-corrected chi connectivity index (χ3v) is 8.80. The van der Waals surface area contributed by atoms with Crippen LogP contribution in [0.2, 0.25) is 0 Å². The summed E-state index contributed by atoms with van der Waals surface area (Å²) in [4.78, 5) is 34.8. The third kappa shape index (κ3) is 7.21. The van der Waals surface area contributed by atoms with Crippen molar-refractivity contribution in [1.82, 2.24) is 31.2 Å². The average Bonchev–Trinajstić information content (AvgIpc) is 3.65. The molecular weight excluding hydrogens is 558 g/mol. The smallest absolute Gasteiger partial charge is 0.268 e. The Balaban J connectivity index is 1.36. The second kappa shape index (κ2) is 14.2. The lowest BCUT2D eigenvalue weighted by Gasteiger charge is -2.33. The van der Waals surface area contributed by atoms with E-state index in [0.717, 1.165) is 42.1 Å². The van der Waals surface area contributed by atoms with Crippen molar-refractivity contribution < 1.29 is 19.4 Å². The number of nitrogens with zero attached hydrogens (tertiary/aromatic N) is 2. The molecule has 0 spiro atoms. The van der Waals surface area contributed by atoms with Crippen LogP contribution >= 0.6 is 0 Å². The summed E-state index contributed by atoms with van der Waals surface area (Å²) in [5.41, 5.74) is 3.37. The summed E-state index contributed by atoms with van der Waals surface area (Å²) in [7, 11) is 1.58. The van der Waals surface area contributed by atoms with E-state index >= 15 is 0 Å². The van der Waals surface area contributed by atoms with E-state index in [1.165, 1.54) is 5.56 Å². The molecule has 6 N–H and O–H groups in total. The topological polar surface area (TPSA) is 164 Å². The van der Waals surface area contributed by atoms with Crippen molar-refractivity contribution in [2.24, 2.45) is 11.8 Å². The molecule has 234 valence electrons. The van der Waals surface area contributed by atoms with Gasteiger partial charge in [-0.3, -0.25) is 25.2 Å². The lowest BCUT2D eigenvalue weighted by atomic mass is 9.87. The number of aromatic amines is 1. The first-order valence-electron chi connectivity index (χ1n) is 15.5. The lowest BCUT2D eigenvalue weighted by Crippen LogP contribution is -2.56. The molecule has 2 unspecified atom stereocenters. The van der Waals surface area contributed by atoms with Gasteiger partial charge in [-0.2, -0.15) is 5.26 Å². The number of aliphatic hydroxyl groups excluding tert-OH is 1. The Kier molecular flexibility index (Phi) is 10.1. The number of ether oxygens (including phenoxy) is 1. The first-order valence-corrected chi connectivity index (χ1v) is 15.5. The highest BCUT2D eigenvalue weighted by atomic mass is 16.5. The summed E-state index contributed by atoms with van der Waals surface area (Å²) in [6, 6.07) is 9.43. The molecule has 11 nitrogen and oxygen atoms in total. The Bertz CT molecular complexity index is 1500. The number of amides is 2. The Labute approximate surface area is 258 Å². The number of hydrogen-bond acceptors (Lipinski definition) is 8. The number of methoxy groups -OCH3 is 1. The van der Waals surface area contributed by atoms with Gasteiger partial charge < -0.3 is 25.5 Å². The van der Waals surface area contributed by atoms with E-state index in [-0.39, 0.29) is 23.8 Å². The highest BCUT2D eigenvalue weighted by Gasteiger charge is 2.36. The van der Waals surface area contributed by atoms with Crippen LogP contribution in [0.3, 0.4) is 0 Å². The minimum absolute atomic E-state index is 0.0757. The van der Waals surface area contributed by atoms with Crippen molar-refractivity contribution >= 4 is 22.7 Å². The minimum Gasteiger partial charge on any atom is -0.496 e. The number of rotatable bonds is 12. The van der Waals surface area contributed by atoms with Crippen LogP contribution in [-0.2, 0) is 11.2 Å². The maximum absolute atomic E-state index is 13.9. The number of fused-ring (bicyclic) bond motifs is 2. The van der Waals surface area contributed by atoms with Crippen LogP contribution in [-0.4, -0.2) is 64.9 Å². The van der Waals surface area contributed by atoms with E-state index in [1.54, 1.807) is 19.4 Å². The molecule has 2 amide bonds. The molecule has 3 heterocycles. The molecule has 0 radical (unpaired) electrons. The SMILES string of the molecule is COc1cccc2[nH]c(C(=O)N[C@@H](CC(C)C)C(=O)N[C@@H](C[C@@H]3CCNC3O)C(C#N)N[C@H]3CCCc4ccncc43)cc12. The van der Waals surface area contributed by atoms with Crippen LogP contribution in [0.25, 0.3) is 10.9 Å². The maximum Gasteiger partial charge on any atom is 0.268 e. The molecule has 1 saturated heterocycles. The summed E-state index contributed by atoms with van der Waals surface area (Å²) in [5, 5.41) is 34.3. The fraction of sp³-hybridized carbons (Fsp3) is 0.515. The second-order valence-electron chi connectivity index (χ2n) is 12.4. The summed E-state index contributed by atoms with van der Waals surface area (Å²) >= 11 is 0. The first kappa shape index (κ1) is 31.4. The van der Waals surface area contributed by atoms with Gasteiger partial charge in [-0.1, -0.05) is 19.9 Å². The predicted octanol–water partition coefficient (Wildman–Crippen LogP) is 3.08. The number of aliphatic hydroxyl groups is 1. The van der Waals surface area contributed by atoms with Gasteiger partial charge in [0, 0.05) is 35.3 Å². The minimum atomic E-state index is -0.830. The van der Waals surface area contributed by atoms with Gasteiger partial charge in [-0.15, -0.1) is 0 Å². The van der Waals surface area contributed by atoms with Gasteiger partial charge in [-0.25, -0.2) is 0 Å². The molecule has 1 aromatic carbocycles. The van der Waals surface area contributed by atoms with Gasteiger partial charge in [0.25, 0.3) is 5.91 Å². The molecule has 2 aliphatic rings. The second-order valence-corrected chi connectivity index (χ2v) is 12.4. The van der Waals surface area contributed by atoms with Gasteiger partial charge in [0.1, 0.15) is 29.8 Å². The number of carbonyl (C=O) groups excluding carboxylic acids is 2. The molecule has 0 bridgehead atoms. The highest BCUT2D eigenvalue weighted by molar-refractivity contribution is 6.01. The fourth-order valence-electron chi connectivity index (χ4n) is 6.50. The van der Waals surface area contributed by atoms with Crippen molar-refractivity contribution in [2.45, 2.75) is 82.8 Å². The number of aryl methyl sites for hydroxylation is 1. The zero-order chi connectivity index (χ0) is 31.2. The standard InChI is InChI=1S/C33H43N7O4/c1-19(2)14-27(40-33(43)28-16-22-24(37-28)8-5-9-30(22)44-3)32(42)39-26(15-21-11-13-36-31(21)41)29(17-34)38-25-7-4-6-20-10-12-35-18-23(20)25/h5,8-10,12,16,18-19,21,25-27,29,31,36-38,41H,4,6-7,11,13-15H2,1-3H3,(H,39,42)(H,40,43)/t21-,25-,26-,27-,29?,31?/m0/s1. The van der Waals surface area contributed by atoms with E-state index in [4.69, 9.17) is 4.74 Å². The average molecular weight is 602 g/mol. The molecule has 1 fully saturated rings. The maximum atomic E-state index is 13.9. The number of benzene rings is 1. The summed E-state index contributed by atoms with van der Waals surface area (Å²) < 4.78 is 5.43. The van der Waals surface area contributed by atoms with Crippen LogP contribution in [0.15, 0.2) is 42.7 Å². The van der Waals surface area contributed by atoms with Gasteiger partial charge in [-0.05, 0) is 86.4 Å².